The standard InChI is InChI=1S/C20H33N/c1-5-17(4)19(15-18-10-7-6-8-11-18)12-9-13-20(21)14-16(2)3/h1,9,13,16-19,21H,6-8,10-12,14-15H2,2-4H3/b13-9+,21-20?/t17?,19-/m0/s1. The van der Waals surface area contributed by atoms with Crippen LogP contribution < -0.4 is 0 Å². The van der Waals surface area contributed by atoms with E-state index in [0.717, 1.165) is 24.5 Å². The first kappa shape index (κ1) is 18.0. The van der Waals surface area contributed by atoms with E-state index in [9.17, 15) is 0 Å². The molecule has 0 spiro atoms. The van der Waals surface area contributed by atoms with Crippen LogP contribution in [0.15, 0.2) is 12.2 Å². The van der Waals surface area contributed by atoms with Crippen molar-refractivity contribution in [1.82, 2.24) is 0 Å². The fraction of sp³-hybridized carbons (Fsp3) is 0.750. The highest BCUT2D eigenvalue weighted by Crippen LogP contribution is 2.33. The molecule has 1 aliphatic rings. The largest absolute Gasteiger partial charge is 0.305 e. The van der Waals surface area contributed by atoms with E-state index in [1.165, 1.54) is 38.5 Å². The molecule has 0 aromatic heterocycles. The molecule has 0 bridgehead atoms. The second kappa shape index (κ2) is 9.82. The Morgan fingerprint density at radius 3 is 2.48 bits per heavy atom. The Hall–Kier alpha value is -1.03. The lowest BCUT2D eigenvalue weighted by Crippen LogP contribution is -2.17. The molecule has 1 rings (SSSR count). The SMILES string of the molecule is C#CC(C)[C@@H](C/C=C/C(=N)CC(C)C)CC1CCCCC1. The van der Waals surface area contributed by atoms with Gasteiger partial charge in [0.05, 0.1) is 0 Å². The highest BCUT2D eigenvalue weighted by atomic mass is 14.4. The van der Waals surface area contributed by atoms with E-state index in [4.69, 9.17) is 11.8 Å². The summed E-state index contributed by atoms with van der Waals surface area (Å²) >= 11 is 0. The van der Waals surface area contributed by atoms with Crippen molar-refractivity contribution >= 4 is 5.71 Å². The highest BCUT2D eigenvalue weighted by Gasteiger charge is 2.21. The summed E-state index contributed by atoms with van der Waals surface area (Å²) in [5.41, 5.74) is 0.745. The van der Waals surface area contributed by atoms with Crippen LogP contribution in [0.1, 0.15) is 72.1 Å². The third-order valence-corrected chi connectivity index (χ3v) is 4.72. The van der Waals surface area contributed by atoms with Gasteiger partial charge in [-0.2, -0.15) is 0 Å². The van der Waals surface area contributed by atoms with Gasteiger partial charge in [-0.05, 0) is 43.1 Å². The predicted molar refractivity (Wildman–Crippen MR) is 93.6 cm³/mol. The van der Waals surface area contributed by atoms with Gasteiger partial charge < -0.3 is 5.41 Å². The second-order valence-corrected chi connectivity index (χ2v) is 7.22. The Labute approximate surface area is 132 Å². The molecule has 1 fully saturated rings. The maximum absolute atomic E-state index is 7.94. The molecule has 1 aliphatic carbocycles. The average molecular weight is 287 g/mol. The van der Waals surface area contributed by atoms with Crippen LogP contribution in [0.3, 0.4) is 0 Å². The van der Waals surface area contributed by atoms with Gasteiger partial charge in [0.15, 0.2) is 0 Å². The fourth-order valence-electron chi connectivity index (χ4n) is 3.38. The van der Waals surface area contributed by atoms with Gasteiger partial charge in [-0.15, -0.1) is 12.3 Å². The highest BCUT2D eigenvalue weighted by molar-refractivity contribution is 5.92. The number of terminal acetylenes is 1. The fourth-order valence-corrected chi connectivity index (χ4v) is 3.38. The molecular weight excluding hydrogens is 254 g/mol. The summed E-state index contributed by atoms with van der Waals surface area (Å²) in [6.07, 6.45) is 20.0. The van der Waals surface area contributed by atoms with Gasteiger partial charge in [0, 0.05) is 11.6 Å². The molecule has 21 heavy (non-hydrogen) atoms. The molecule has 1 heteroatoms. The summed E-state index contributed by atoms with van der Waals surface area (Å²) in [6, 6.07) is 0. The summed E-state index contributed by atoms with van der Waals surface area (Å²) in [5, 5.41) is 7.94. The molecule has 2 atom stereocenters. The van der Waals surface area contributed by atoms with Crippen molar-refractivity contribution in [3.05, 3.63) is 12.2 Å². The first-order chi connectivity index (χ1) is 10.0. The Bertz CT molecular complexity index is 366. The summed E-state index contributed by atoms with van der Waals surface area (Å²) in [7, 11) is 0. The molecule has 0 radical (unpaired) electrons. The quantitative estimate of drug-likeness (QED) is 0.427. The van der Waals surface area contributed by atoms with E-state index in [2.05, 4.69) is 32.8 Å². The zero-order valence-electron chi connectivity index (χ0n) is 14.2. The minimum Gasteiger partial charge on any atom is -0.305 e. The minimum atomic E-state index is 0.343. The minimum absolute atomic E-state index is 0.343. The Morgan fingerprint density at radius 1 is 1.24 bits per heavy atom. The van der Waals surface area contributed by atoms with E-state index < -0.39 is 0 Å². The first-order valence-electron chi connectivity index (χ1n) is 8.73. The molecule has 0 saturated heterocycles. The summed E-state index contributed by atoms with van der Waals surface area (Å²) < 4.78 is 0. The summed E-state index contributed by atoms with van der Waals surface area (Å²) in [6.45, 7) is 6.50. The maximum atomic E-state index is 7.94. The van der Waals surface area contributed by atoms with Crippen LogP contribution in [-0.4, -0.2) is 5.71 Å². The van der Waals surface area contributed by atoms with Gasteiger partial charge in [0.1, 0.15) is 0 Å². The van der Waals surface area contributed by atoms with Crippen molar-refractivity contribution in [2.75, 3.05) is 0 Å². The van der Waals surface area contributed by atoms with Gasteiger partial charge in [-0.25, -0.2) is 0 Å². The van der Waals surface area contributed by atoms with E-state index in [1.807, 2.05) is 6.08 Å². The monoisotopic (exact) mass is 287 g/mol. The first-order valence-corrected chi connectivity index (χ1v) is 8.73. The molecule has 0 heterocycles. The number of hydrogen-bond donors (Lipinski definition) is 1. The lowest BCUT2D eigenvalue weighted by molar-refractivity contribution is 0.263. The van der Waals surface area contributed by atoms with Gasteiger partial charge in [-0.3, -0.25) is 0 Å². The van der Waals surface area contributed by atoms with Crippen LogP contribution >= 0.6 is 0 Å². The number of hydrogen-bond acceptors (Lipinski definition) is 1. The average Bonchev–Trinajstić information content (AvgIpc) is 2.45. The van der Waals surface area contributed by atoms with E-state index >= 15 is 0 Å². The zero-order chi connectivity index (χ0) is 15.7. The maximum Gasteiger partial charge on any atom is 0.0313 e. The summed E-state index contributed by atoms with van der Waals surface area (Å²) in [4.78, 5) is 0. The summed E-state index contributed by atoms with van der Waals surface area (Å²) in [5.74, 6) is 5.30. The Morgan fingerprint density at radius 2 is 1.90 bits per heavy atom. The molecule has 1 N–H and O–H groups in total. The molecule has 0 aliphatic heterocycles. The molecule has 1 saturated carbocycles. The number of rotatable bonds is 8. The lowest BCUT2D eigenvalue weighted by Gasteiger charge is -2.27. The molecule has 118 valence electrons. The van der Waals surface area contributed by atoms with Crippen LogP contribution in [-0.2, 0) is 0 Å². The van der Waals surface area contributed by atoms with Crippen molar-refractivity contribution in [1.29, 1.82) is 5.41 Å². The van der Waals surface area contributed by atoms with Crippen LogP contribution in [0.25, 0.3) is 0 Å². The van der Waals surface area contributed by atoms with Gasteiger partial charge in [-0.1, -0.05) is 59.0 Å². The Balaban J connectivity index is 2.48. The van der Waals surface area contributed by atoms with Crippen molar-refractivity contribution in [3.8, 4) is 12.3 Å². The van der Waals surface area contributed by atoms with Crippen molar-refractivity contribution in [3.63, 3.8) is 0 Å². The van der Waals surface area contributed by atoms with Crippen LogP contribution in [0.4, 0.5) is 0 Å². The van der Waals surface area contributed by atoms with Gasteiger partial charge in [0.25, 0.3) is 0 Å². The van der Waals surface area contributed by atoms with Crippen molar-refractivity contribution < 1.29 is 0 Å². The van der Waals surface area contributed by atoms with Gasteiger partial charge in [0.2, 0.25) is 0 Å². The molecular formula is C20H33N. The molecule has 0 aromatic carbocycles. The van der Waals surface area contributed by atoms with Crippen molar-refractivity contribution in [2.24, 2.45) is 23.7 Å². The van der Waals surface area contributed by atoms with Crippen LogP contribution in [0, 0.1) is 41.4 Å². The normalized spacial score (nSPS) is 19.6. The smallest absolute Gasteiger partial charge is 0.0313 e. The second-order valence-electron chi connectivity index (χ2n) is 7.22. The molecule has 0 amide bonds. The van der Waals surface area contributed by atoms with Crippen LogP contribution in [0.2, 0.25) is 0 Å². The Kier molecular flexibility index (Phi) is 8.43. The third kappa shape index (κ3) is 7.51. The molecule has 1 nitrogen and oxygen atoms in total. The van der Waals surface area contributed by atoms with Crippen molar-refractivity contribution in [2.45, 2.75) is 72.1 Å². The number of nitrogens with one attached hydrogen (secondary N) is 1. The van der Waals surface area contributed by atoms with Crippen LogP contribution in [0.5, 0.6) is 0 Å². The molecule has 1 unspecified atom stereocenters. The third-order valence-electron chi connectivity index (χ3n) is 4.72. The molecule has 0 aromatic rings. The van der Waals surface area contributed by atoms with Gasteiger partial charge >= 0.3 is 0 Å². The lowest BCUT2D eigenvalue weighted by atomic mass is 9.78. The topological polar surface area (TPSA) is 23.9 Å². The van der Waals surface area contributed by atoms with E-state index in [1.54, 1.807) is 0 Å². The van der Waals surface area contributed by atoms with E-state index in [-0.39, 0.29) is 0 Å². The predicted octanol–water partition coefficient (Wildman–Crippen LogP) is 5.85. The zero-order valence-corrected chi connectivity index (χ0v) is 14.2. The van der Waals surface area contributed by atoms with E-state index in [0.29, 0.717) is 17.8 Å². The number of allylic oxidation sites excluding steroid dienone is 2.